The van der Waals surface area contributed by atoms with Crippen molar-refractivity contribution in [3.8, 4) is 0 Å². The Labute approximate surface area is 114 Å². The third kappa shape index (κ3) is 3.55. The fraction of sp³-hybridized carbons (Fsp3) is 0.533. The number of rotatable bonds is 5. The van der Waals surface area contributed by atoms with Crippen LogP contribution in [0.15, 0.2) is 18.2 Å². The van der Waals surface area contributed by atoms with E-state index in [0.29, 0.717) is 18.8 Å². The Hall–Kier alpha value is -1.39. The Kier molecular flexibility index (Phi) is 4.22. The molecule has 0 spiro atoms. The quantitative estimate of drug-likeness (QED) is 0.850. The molecule has 0 unspecified atom stereocenters. The maximum Gasteiger partial charge on any atom is 0.248 e. The van der Waals surface area contributed by atoms with Gasteiger partial charge in [-0.3, -0.25) is 4.79 Å². The van der Waals surface area contributed by atoms with E-state index < -0.39 is 5.91 Å². The van der Waals surface area contributed by atoms with Gasteiger partial charge in [-0.25, -0.2) is 0 Å². The van der Waals surface area contributed by atoms with Crippen molar-refractivity contribution in [1.29, 1.82) is 0 Å². The molecule has 19 heavy (non-hydrogen) atoms. The van der Waals surface area contributed by atoms with Crippen molar-refractivity contribution >= 4 is 5.91 Å². The first-order valence-corrected chi connectivity index (χ1v) is 6.76. The predicted octanol–water partition coefficient (Wildman–Crippen LogP) is 1.88. The van der Waals surface area contributed by atoms with Crippen LogP contribution in [0, 0.1) is 6.92 Å². The van der Waals surface area contributed by atoms with Crippen molar-refractivity contribution in [3.63, 3.8) is 0 Å². The van der Waals surface area contributed by atoms with Crippen LogP contribution in [-0.2, 0) is 11.3 Å². The molecule has 0 bridgehead atoms. The average molecular weight is 262 g/mol. The molecule has 0 aromatic heterocycles. The van der Waals surface area contributed by atoms with E-state index in [-0.39, 0.29) is 5.54 Å². The Morgan fingerprint density at radius 1 is 1.37 bits per heavy atom. The SMILES string of the molecule is Cc1cc(C(N)=O)ccc1COCC1(N)CCCC1. The van der Waals surface area contributed by atoms with Crippen molar-refractivity contribution in [2.24, 2.45) is 11.5 Å². The molecular weight excluding hydrogens is 240 g/mol. The molecule has 1 aliphatic rings. The van der Waals surface area contributed by atoms with Crippen LogP contribution < -0.4 is 11.5 Å². The second kappa shape index (κ2) is 5.72. The molecule has 1 aromatic carbocycles. The van der Waals surface area contributed by atoms with Crippen molar-refractivity contribution < 1.29 is 9.53 Å². The molecule has 4 heteroatoms. The normalized spacial score (nSPS) is 17.6. The van der Waals surface area contributed by atoms with E-state index >= 15 is 0 Å². The van der Waals surface area contributed by atoms with Gasteiger partial charge in [-0.1, -0.05) is 18.9 Å². The minimum Gasteiger partial charge on any atom is -0.375 e. The number of carbonyl (C=O) groups excluding carboxylic acids is 1. The van der Waals surface area contributed by atoms with Crippen LogP contribution in [0.1, 0.15) is 47.2 Å². The summed E-state index contributed by atoms with van der Waals surface area (Å²) >= 11 is 0. The molecule has 4 N–H and O–H groups in total. The number of aryl methyl sites for hydroxylation is 1. The fourth-order valence-electron chi connectivity index (χ4n) is 2.60. The highest BCUT2D eigenvalue weighted by atomic mass is 16.5. The highest BCUT2D eigenvalue weighted by Crippen LogP contribution is 2.27. The van der Waals surface area contributed by atoms with Crippen molar-refractivity contribution in [3.05, 3.63) is 34.9 Å². The summed E-state index contributed by atoms with van der Waals surface area (Å²) in [6.45, 7) is 3.09. The smallest absolute Gasteiger partial charge is 0.248 e. The van der Waals surface area contributed by atoms with Gasteiger partial charge >= 0.3 is 0 Å². The molecule has 1 amide bonds. The molecule has 0 atom stereocenters. The summed E-state index contributed by atoms with van der Waals surface area (Å²) in [6, 6.07) is 5.43. The number of amides is 1. The Morgan fingerprint density at radius 3 is 2.63 bits per heavy atom. The maximum atomic E-state index is 11.1. The molecule has 1 aliphatic carbocycles. The molecule has 104 valence electrons. The summed E-state index contributed by atoms with van der Waals surface area (Å²) in [5.41, 5.74) is 14.0. The van der Waals surface area contributed by atoms with Crippen LogP contribution in [0.25, 0.3) is 0 Å². The third-order valence-corrected chi connectivity index (χ3v) is 3.87. The van der Waals surface area contributed by atoms with Gasteiger partial charge in [-0.2, -0.15) is 0 Å². The highest BCUT2D eigenvalue weighted by molar-refractivity contribution is 5.93. The van der Waals surface area contributed by atoms with Gasteiger partial charge in [-0.05, 0) is 43.0 Å². The minimum atomic E-state index is -0.401. The molecule has 0 heterocycles. The molecule has 2 rings (SSSR count). The fourth-order valence-corrected chi connectivity index (χ4v) is 2.60. The lowest BCUT2D eigenvalue weighted by Gasteiger charge is -2.23. The lowest BCUT2D eigenvalue weighted by Crippen LogP contribution is -2.41. The second-order valence-electron chi connectivity index (χ2n) is 5.57. The van der Waals surface area contributed by atoms with E-state index in [1.165, 1.54) is 12.8 Å². The van der Waals surface area contributed by atoms with Gasteiger partial charge < -0.3 is 16.2 Å². The molecular formula is C15H22N2O2. The summed E-state index contributed by atoms with van der Waals surface area (Å²) in [6.07, 6.45) is 4.50. The first-order valence-electron chi connectivity index (χ1n) is 6.76. The van der Waals surface area contributed by atoms with E-state index in [1.807, 2.05) is 13.0 Å². The predicted molar refractivity (Wildman–Crippen MR) is 74.7 cm³/mol. The van der Waals surface area contributed by atoms with Gasteiger partial charge in [0.25, 0.3) is 0 Å². The molecule has 0 radical (unpaired) electrons. The number of benzene rings is 1. The molecule has 0 saturated heterocycles. The number of ether oxygens (including phenoxy) is 1. The first kappa shape index (κ1) is 14.0. The lowest BCUT2D eigenvalue weighted by molar-refractivity contribution is 0.0748. The van der Waals surface area contributed by atoms with Crippen molar-refractivity contribution in [2.45, 2.75) is 44.8 Å². The maximum absolute atomic E-state index is 11.1. The van der Waals surface area contributed by atoms with Crippen molar-refractivity contribution in [2.75, 3.05) is 6.61 Å². The van der Waals surface area contributed by atoms with E-state index in [0.717, 1.165) is 24.0 Å². The van der Waals surface area contributed by atoms with E-state index in [9.17, 15) is 4.79 Å². The number of primary amides is 1. The van der Waals surface area contributed by atoms with E-state index in [1.54, 1.807) is 12.1 Å². The van der Waals surface area contributed by atoms with E-state index in [2.05, 4.69) is 0 Å². The second-order valence-corrected chi connectivity index (χ2v) is 5.57. The lowest BCUT2D eigenvalue weighted by atomic mass is 10.0. The summed E-state index contributed by atoms with van der Waals surface area (Å²) < 4.78 is 5.75. The molecule has 1 saturated carbocycles. The molecule has 0 aliphatic heterocycles. The zero-order valence-electron chi connectivity index (χ0n) is 11.4. The summed E-state index contributed by atoms with van der Waals surface area (Å²) in [7, 11) is 0. The largest absolute Gasteiger partial charge is 0.375 e. The molecule has 1 aromatic rings. The monoisotopic (exact) mass is 262 g/mol. The van der Waals surface area contributed by atoms with Crippen LogP contribution in [0.2, 0.25) is 0 Å². The van der Waals surface area contributed by atoms with Crippen LogP contribution in [0.3, 0.4) is 0 Å². The van der Waals surface area contributed by atoms with Crippen LogP contribution in [0.5, 0.6) is 0 Å². The zero-order valence-corrected chi connectivity index (χ0v) is 11.4. The number of carbonyl (C=O) groups is 1. The van der Waals surface area contributed by atoms with Gasteiger partial charge in [0.2, 0.25) is 5.91 Å². The first-order chi connectivity index (χ1) is 9.00. The minimum absolute atomic E-state index is 0.138. The number of hydrogen-bond acceptors (Lipinski definition) is 3. The van der Waals surface area contributed by atoms with E-state index in [4.69, 9.17) is 16.2 Å². The summed E-state index contributed by atoms with van der Waals surface area (Å²) in [5, 5.41) is 0. The average Bonchev–Trinajstić information content (AvgIpc) is 2.78. The van der Waals surface area contributed by atoms with Crippen LogP contribution in [0.4, 0.5) is 0 Å². The van der Waals surface area contributed by atoms with Gasteiger partial charge in [0.1, 0.15) is 0 Å². The zero-order chi connectivity index (χ0) is 13.9. The topological polar surface area (TPSA) is 78.3 Å². The standard InChI is InChI=1S/C15H22N2O2/c1-11-8-12(14(16)18)4-5-13(11)9-19-10-15(17)6-2-3-7-15/h4-5,8H,2-3,6-7,9-10,17H2,1H3,(H2,16,18). The van der Waals surface area contributed by atoms with Crippen molar-refractivity contribution in [1.82, 2.24) is 0 Å². The Bertz CT molecular complexity index is 465. The third-order valence-electron chi connectivity index (χ3n) is 3.87. The molecule has 4 nitrogen and oxygen atoms in total. The number of hydrogen-bond donors (Lipinski definition) is 2. The summed E-state index contributed by atoms with van der Waals surface area (Å²) in [5.74, 6) is -0.401. The van der Waals surface area contributed by atoms with Crippen LogP contribution >= 0.6 is 0 Å². The summed E-state index contributed by atoms with van der Waals surface area (Å²) in [4.78, 5) is 11.1. The van der Waals surface area contributed by atoms with Gasteiger partial charge in [0.05, 0.1) is 13.2 Å². The molecule has 1 fully saturated rings. The van der Waals surface area contributed by atoms with Crippen LogP contribution in [-0.4, -0.2) is 18.1 Å². The highest BCUT2D eigenvalue weighted by Gasteiger charge is 2.29. The van der Waals surface area contributed by atoms with Gasteiger partial charge in [0, 0.05) is 11.1 Å². The van der Waals surface area contributed by atoms with Gasteiger partial charge in [0.15, 0.2) is 0 Å². The number of nitrogens with two attached hydrogens (primary N) is 2. The Morgan fingerprint density at radius 2 is 2.05 bits per heavy atom. The van der Waals surface area contributed by atoms with Gasteiger partial charge in [-0.15, -0.1) is 0 Å². The Balaban J connectivity index is 1.91.